The minimum absolute atomic E-state index is 0.0686. The van der Waals surface area contributed by atoms with Crippen LogP contribution < -0.4 is 10.5 Å². The van der Waals surface area contributed by atoms with Crippen LogP contribution in [-0.2, 0) is 6.42 Å². The average Bonchev–Trinajstić information content (AvgIpc) is 2.38. The van der Waals surface area contributed by atoms with E-state index in [9.17, 15) is 0 Å². The van der Waals surface area contributed by atoms with Gasteiger partial charge in [0.05, 0.1) is 7.11 Å². The van der Waals surface area contributed by atoms with Crippen LogP contribution in [0.1, 0.15) is 44.1 Å². The van der Waals surface area contributed by atoms with Crippen LogP contribution in [0, 0.1) is 0 Å². The van der Waals surface area contributed by atoms with Crippen LogP contribution in [0.3, 0.4) is 0 Å². The molecule has 1 fully saturated rings. The van der Waals surface area contributed by atoms with Gasteiger partial charge in [0.15, 0.2) is 0 Å². The molecule has 0 atom stereocenters. The van der Waals surface area contributed by atoms with Crippen LogP contribution in [-0.4, -0.2) is 12.6 Å². The molecular formula is C15H23NO. The van der Waals surface area contributed by atoms with Crippen molar-refractivity contribution in [1.29, 1.82) is 0 Å². The van der Waals surface area contributed by atoms with E-state index in [4.69, 9.17) is 10.5 Å². The van der Waals surface area contributed by atoms with Gasteiger partial charge in [0.25, 0.3) is 0 Å². The van der Waals surface area contributed by atoms with Gasteiger partial charge in [0.1, 0.15) is 5.75 Å². The van der Waals surface area contributed by atoms with Gasteiger partial charge in [-0.2, -0.15) is 0 Å². The predicted octanol–water partition coefficient (Wildman–Crippen LogP) is 3.29. The third kappa shape index (κ3) is 3.22. The average molecular weight is 233 g/mol. The first-order valence-corrected chi connectivity index (χ1v) is 6.64. The fraction of sp³-hybridized carbons (Fsp3) is 0.600. The number of nitrogens with two attached hydrogens (primary N) is 1. The van der Waals surface area contributed by atoms with Gasteiger partial charge in [-0.05, 0) is 37.3 Å². The van der Waals surface area contributed by atoms with Gasteiger partial charge in [0.2, 0.25) is 0 Å². The second-order valence-electron chi connectivity index (χ2n) is 5.23. The van der Waals surface area contributed by atoms with E-state index in [0.29, 0.717) is 0 Å². The highest BCUT2D eigenvalue weighted by atomic mass is 16.5. The van der Waals surface area contributed by atoms with E-state index in [1.165, 1.54) is 37.7 Å². The number of hydrogen-bond acceptors (Lipinski definition) is 2. The van der Waals surface area contributed by atoms with Crippen molar-refractivity contribution in [2.45, 2.75) is 50.5 Å². The predicted molar refractivity (Wildman–Crippen MR) is 71.3 cm³/mol. The fourth-order valence-electron chi connectivity index (χ4n) is 2.80. The monoisotopic (exact) mass is 233 g/mol. The second-order valence-corrected chi connectivity index (χ2v) is 5.23. The lowest BCUT2D eigenvalue weighted by Crippen LogP contribution is -2.42. The lowest BCUT2D eigenvalue weighted by atomic mass is 9.79. The van der Waals surface area contributed by atoms with Crippen LogP contribution in [0.15, 0.2) is 24.3 Å². The minimum atomic E-state index is 0.0686. The van der Waals surface area contributed by atoms with Crippen molar-refractivity contribution in [2.75, 3.05) is 7.11 Å². The molecule has 2 nitrogen and oxygen atoms in total. The Labute approximate surface area is 104 Å². The van der Waals surface area contributed by atoms with Gasteiger partial charge in [-0.15, -0.1) is 0 Å². The van der Waals surface area contributed by atoms with E-state index < -0.39 is 0 Å². The van der Waals surface area contributed by atoms with Crippen LogP contribution in [0.5, 0.6) is 5.75 Å². The molecule has 0 amide bonds. The van der Waals surface area contributed by atoms with Gasteiger partial charge in [-0.25, -0.2) is 0 Å². The zero-order valence-electron chi connectivity index (χ0n) is 10.7. The smallest absolute Gasteiger partial charge is 0.122 e. The summed E-state index contributed by atoms with van der Waals surface area (Å²) < 4.78 is 5.38. The fourth-order valence-corrected chi connectivity index (χ4v) is 2.80. The summed E-state index contributed by atoms with van der Waals surface area (Å²) in [7, 11) is 1.73. The third-order valence-corrected chi connectivity index (χ3v) is 3.93. The standard InChI is InChI=1S/C15H23NO/c1-17-14-8-4-3-7-13(14)9-12-15(16)10-5-2-6-11-15/h3-4,7-8H,2,5-6,9-12,16H2,1H3. The second kappa shape index (κ2) is 5.54. The largest absolute Gasteiger partial charge is 0.496 e. The Kier molecular flexibility index (Phi) is 4.06. The molecule has 0 aliphatic heterocycles. The van der Waals surface area contributed by atoms with Crippen molar-refractivity contribution in [3.8, 4) is 5.75 Å². The lowest BCUT2D eigenvalue weighted by molar-refractivity contribution is 0.277. The van der Waals surface area contributed by atoms with Crippen molar-refractivity contribution in [3.05, 3.63) is 29.8 Å². The molecule has 0 heterocycles. The maximum absolute atomic E-state index is 6.46. The van der Waals surface area contributed by atoms with Crippen molar-refractivity contribution in [3.63, 3.8) is 0 Å². The molecule has 0 saturated heterocycles. The van der Waals surface area contributed by atoms with Gasteiger partial charge >= 0.3 is 0 Å². The molecule has 1 aromatic carbocycles. The zero-order valence-corrected chi connectivity index (χ0v) is 10.7. The number of benzene rings is 1. The molecule has 0 aromatic heterocycles. The number of rotatable bonds is 4. The van der Waals surface area contributed by atoms with Crippen molar-refractivity contribution in [2.24, 2.45) is 5.73 Å². The molecule has 17 heavy (non-hydrogen) atoms. The zero-order chi connectivity index (χ0) is 12.1. The van der Waals surface area contributed by atoms with Crippen LogP contribution >= 0.6 is 0 Å². The molecule has 1 saturated carbocycles. The molecule has 0 bridgehead atoms. The van der Waals surface area contributed by atoms with E-state index in [0.717, 1.165) is 18.6 Å². The maximum Gasteiger partial charge on any atom is 0.122 e. The first-order valence-electron chi connectivity index (χ1n) is 6.64. The summed E-state index contributed by atoms with van der Waals surface area (Å²) in [6, 6.07) is 8.26. The Morgan fingerprint density at radius 1 is 1.18 bits per heavy atom. The Morgan fingerprint density at radius 3 is 2.59 bits per heavy atom. The third-order valence-electron chi connectivity index (χ3n) is 3.93. The topological polar surface area (TPSA) is 35.2 Å². The summed E-state index contributed by atoms with van der Waals surface area (Å²) in [5.74, 6) is 0.993. The molecule has 1 aliphatic rings. The summed E-state index contributed by atoms with van der Waals surface area (Å²) in [6.07, 6.45) is 8.41. The van der Waals surface area contributed by atoms with Crippen LogP contribution in [0.4, 0.5) is 0 Å². The van der Waals surface area contributed by atoms with Gasteiger partial charge in [-0.1, -0.05) is 37.5 Å². The molecule has 2 N–H and O–H groups in total. The number of aryl methyl sites for hydroxylation is 1. The summed E-state index contributed by atoms with van der Waals surface area (Å²) in [6.45, 7) is 0. The van der Waals surface area contributed by atoms with E-state index in [2.05, 4.69) is 12.1 Å². The highest BCUT2D eigenvalue weighted by Gasteiger charge is 2.27. The summed E-state index contributed by atoms with van der Waals surface area (Å²) in [5, 5.41) is 0. The molecule has 0 unspecified atom stereocenters. The van der Waals surface area contributed by atoms with E-state index in [-0.39, 0.29) is 5.54 Å². The number of methoxy groups -OCH3 is 1. The number of hydrogen-bond donors (Lipinski definition) is 1. The molecule has 0 radical (unpaired) electrons. The Hall–Kier alpha value is -1.02. The first kappa shape index (κ1) is 12.4. The molecule has 0 spiro atoms. The summed E-state index contributed by atoms with van der Waals surface area (Å²) >= 11 is 0. The first-order chi connectivity index (χ1) is 8.23. The normalized spacial score (nSPS) is 18.9. The van der Waals surface area contributed by atoms with Crippen molar-refractivity contribution < 1.29 is 4.74 Å². The Balaban J connectivity index is 1.96. The molecule has 2 rings (SSSR count). The molecule has 1 aliphatic carbocycles. The molecule has 94 valence electrons. The van der Waals surface area contributed by atoms with Gasteiger partial charge in [-0.3, -0.25) is 0 Å². The molecular weight excluding hydrogens is 210 g/mol. The lowest BCUT2D eigenvalue weighted by Gasteiger charge is -2.33. The quantitative estimate of drug-likeness (QED) is 0.866. The van der Waals surface area contributed by atoms with Gasteiger partial charge < -0.3 is 10.5 Å². The summed E-state index contributed by atoms with van der Waals surface area (Å²) in [5.41, 5.74) is 7.81. The van der Waals surface area contributed by atoms with E-state index in [1.54, 1.807) is 7.11 Å². The Morgan fingerprint density at radius 2 is 1.88 bits per heavy atom. The van der Waals surface area contributed by atoms with Crippen LogP contribution in [0.25, 0.3) is 0 Å². The highest BCUT2D eigenvalue weighted by molar-refractivity contribution is 5.33. The highest BCUT2D eigenvalue weighted by Crippen LogP contribution is 2.31. The van der Waals surface area contributed by atoms with Crippen molar-refractivity contribution in [1.82, 2.24) is 0 Å². The minimum Gasteiger partial charge on any atom is -0.496 e. The van der Waals surface area contributed by atoms with Crippen molar-refractivity contribution >= 4 is 0 Å². The summed E-state index contributed by atoms with van der Waals surface area (Å²) in [4.78, 5) is 0. The number of para-hydroxylation sites is 1. The number of ether oxygens (including phenoxy) is 1. The Bertz CT molecular complexity index is 356. The SMILES string of the molecule is COc1ccccc1CCC1(N)CCCCC1. The van der Waals surface area contributed by atoms with E-state index >= 15 is 0 Å². The van der Waals surface area contributed by atoms with Gasteiger partial charge in [0, 0.05) is 5.54 Å². The van der Waals surface area contributed by atoms with Crippen LogP contribution in [0.2, 0.25) is 0 Å². The molecule has 2 heteroatoms. The van der Waals surface area contributed by atoms with E-state index in [1.807, 2.05) is 12.1 Å². The maximum atomic E-state index is 6.46. The molecule has 1 aromatic rings.